The summed E-state index contributed by atoms with van der Waals surface area (Å²) in [6.07, 6.45) is 13.0. The third-order valence-corrected chi connectivity index (χ3v) is 5.47. The molecule has 0 amide bonds. The average Bonchev–Trinajstić information content (AvgIpc) is 2.39. The predicted molar refractivity (Wildman–Crippen MR) is 93.4 cm³/mol. The largest absolute Gasteiger partial charge is 0.390 e. The monoisotopic (exact) mass is 294 g/mol. The lowest BCUT2D eigenvalue weighted by atomic mass is 9.72. The van der Waals surface area contributed by atoms with Gasteiger partial charge in [-0.3, -0.25) is 0 Å². The van der Waals surface area contributed by atoms with Crippen LogP contribution in [0.15, 0.2) is 11.6 Å². The minimum absolute atomic E-state index is 0.464. The molecule has 2 aliphatic carbocycles. The summed E-state index contributed by atoms with van der Waals surface area (Å²) in [4.78, 5) is 0. The Kier molecular flexibility index (Phi) is 6.97. The lowest BCUT2D eigenvalue weighted by molar-refractivity contribution is 0.0126. The van der Waals surface area contributed by atoms with E-state index in [2.05, 4.69) is 33.8 Å². The van der Waals surface area contributed by atoms with Crippen molar-refractivity contribution in [2.24, 2.45) is 17.3 Å². The molecule has 0 unspecified atom stereocenters. The standard InChI is InChI=1S/C10H18O.C10H20/c1-8-4-6-9(7-5-8)10(2,3)11;1-10(2,3)9-7-5-4-6-8-9/h4,9,11H,5-7H2,1-3H3;9H,4-8H2,1-3H3/t9-;/m0./s1. The minimum atomic E-state index is -0.489. The molecule has 1 atom stereocenters. The number of hydrogen-bond donors (Lipinski definition) is 1. The minimum Gasteiger partial charge on any atom is -0.390 e. The van der Waals surface area contributed by atoms with E-state index in [1.807, 2.05) is 13.8 Å². The van der Waals surface area contributed by atoms with Crippen LogP contribution in [0.25, 0.3) is 0 Å². The quantitative estimate of drug-likeness (QED) is 0.578. The average molecular weight is 295 g/mol. The predicted octanol–water partition coefficient (Wildman–Crippen LogP) is 6.12. The first-order valence-corrected chi connectivity index (χ1v) is 8.98. The molecule has 21 heavy (non-hydrogen) atoms. The van der Waals surface area contributed by atoms with E-state index in [1.165, 1.54) is 37.7 Å². The maximum atomic E-state index is 9.70. The van der Waals surface area contributed by atoms with E-state index in [0.29, 0.717) is 11.3 Å². The molecule has 1 fully saturated rings. The Morgan fingerprint density at radius 1 is 0.905 bits per heavy atom. The molecule has 0 saturated heterocycles. The van der Waals surface area contributed by atoms with Crippen molar-refractivity contribution in [3.05, 3.63) is 11.6 Å². The second-order valence-electron chi connectivity index (χ2n) is 8.88. The van der Waals surface area contributed by atoms with Crippen molar-refractivity contribution in [1.82, 2.24) is 0 Å². The third kappa shape index (κ3) is 7.00. The van der Waals surface area contributed by atoms with Crippen LogP contribution in [-0.2, 0) is 0 Å². The van der Waals surface area contributed by atoms with Crippen LogP contribution in [0, 0.1) is 17.3 Å². The Morgan fingerprint density at radius 2 is 1.48 bits per heavy atom. The van der Waals surface area contributed by atoms with Gasteiger partial charge in [0.05, 0.1) is 5.60 Å². The summed E-state index contributed by atoms with van der Waals surface area (Å²) in [5.41, 5.74) is 1.56. The normalized spacial score (nSPS) is 24.9. The van der Waals surface area contributed by atoms with E-state index in [9.17, 15) is 5.11 Å². The molecule has 1 nitrogen and oxygen atoms in total. The molecule has 0 aromatic rings. The summed E-state index contributed by atoms with van der Waals surface area (Å²) in [5, 5.41) is 9.70. The maximum Gasteiger partial charge on any atom is 0.0622 e. The summed E-state index contributed by atoms with van der Waals surface area (Å²) in [6.45, 7) is 13.1. The van der Waals surface area contributed by atoms with Gasteiger partial charge in [0.2, 0.25) is 0 Å². The van der Waals surface area contributed by atoms with Gasteiger partial charge in [-0.25, -0.2) is 0 Å². The maximum absolute atomic E-state index is 9.70. The van der Waals surface area contributed by atoms with Gasteiger partial charge >= 0.3 is 0 Å². The van der Waals surface area contributed by atoms with Gasteiger partial charge in [-0.05, 0) is 70.1 Å². The third-order valence-electron chi connectivity index (χ3n) is 5.47. The SMILES string of the molecule is CC(C)(C)C1CCCCC1.CC1=CC[C@H](C(C)(C)O)CC1. The molecule has 0 aromatic heterocycles. The molecule has 0 bridgehead atoms. The topological polar surface area (TPSA) is 20.2 Å². The summed E-state index contributed by atoms with van der Waals surface area (Å²) in [5.74, 6) is 1.47. The molecule has 1 heteroatoms. The second kappa shape index (κ2) is 7.81. The van der Waals surface area contributed by atoms with Crippen molar-refractivity contribution in [2.45, 2.75) is 98.5 Å². The van der Waals surface area contributed by atoms with Crippen LogP contribution < -0.4 is 0 Å². The van der Waals surface area contributed by atoms with Gasteiger partial charge in [-0.15, -0.1) is 0 Å². The second-order valence-corrected chi connectivity index (χ2v) is 8.88. The molecular weight excluding hydrogens is 256 g/mol. The molecule has 0 aliphatic heterocycles. The van der Waals surface area contributed by atoms with Gasteiger partial charge < -0.3 is 5.11 Å². The Labute approximate surface area is 133 Å². The first kappa shape index (κ1) is 18.7. The zero-order valence-electron chi connectivity index (χ0n) is 15.3. The van der Waals surface area contributed by atoms with E-state index in [-0.39, 0.29) is 0 Å². The smallest absolute Gasteiger partial charge is 0.0622 e. The zero-order valence-corrected chi connectivity index (χ0v) is 15.3. The van der Waals surface area contributed by atoms with Crippen molar-refractivity contribution in [1.29, 1.82) is 0 Å². The van der Waals surface area contributed by atoms with Crippen LogP contribution in [0.5, 0.6) is 0 Å². The van der Waals surface area contributed by atoms with Crippen LogP contribution >= 0.6 is 0 Å². The van der Waals surface area contributed by atoms with Crippen molar-refractivity contribution in [2.75, 3.05) is 0 Å². The fourth-order valence-corrected chi connectivity index (χ4v) is 3.58. The van der Waals surface area contributed by atoms with E-state index in [1.54, 1.807) is 0 Å². The molecule has 0 heterocycles. The molecule has 2 rings (SSSR count). The number of rotatable bonds is 1. The first-order chi connectivity index (χ1) is 9.60. The molecule has 124 valence electrons. The Hall–Kier alpha value is -0.300. The van der Waals surface area contributed by atoms with Crippen LogP contribution in [-0.4, -0.2) is 10.7 Å². The summed E-state index contributed by atoms with van der Waals surface area (Å²) >= 11 is 0. The van der Waals surface area contributed by atoms with Crippen LogP contribution in [0.1, 0.15) is 92.9 Å². The van der Waals surface area contributed by atoms with Crippen molar-refractivity contribution < 1.29 is 5.11 Å². The van der Waals surface area contributed by atoms with Crippen LogP contribution in [0.3, 0.4) is 0 Å². The fraction of sp³-hybridized carbons (Fsp3) is 0.900. The van der Waals surface area contributed by atoms with Crippen molar-refractivity contribution in [3.63, 3.8) is 0 Å². The van der Waals surface area contributed by atoms with Gasteiger partial charge in [-0.2, -0.15) is 0 Å². The Bertz CT molecular complexity index is 321. The Balaban J connectivity index is 0.000000211. The van der Waals surface area contributed by atoms with E-state index in [4.69, 9.17) is 0 Å². The highest BCUT2D eigenvalue weighted by Crippen LogP contribution is 2.37. The highest BCUT2D eigenvalue weighted by Gasteiger charge is 2.27. The highest BCUT2D eigenvalue weighted by molar-refractivity contribution is 5.04. The summed E-state index contributed by atoms with van der Waals surface area (Å²) in [6, 6.07) is 0. The molecule has 0 aromatic carbocycles. The fourth-order valence-electron chi connectivity index (χ4n) is 3.58. The number of allylic oxidation sites excluding steroid dienone is 2. The van der Waals surface area contributed by atoms with E-state index in [0.717, 1.165) is 25.2 Å². The van der Waals surface area contributed by atoms with Crippen LogP contribution in [0.2, 0.25) is 0 Å². The van der Waals surface area contributed by atoms with Crippen molar-refractivity contribution >= 4 is 0 Å². The van der Waals surface area contributed by atoms with E-state index >= 15 is 0 Å². The number of aliphatic hydroxyl groups is 1. The summed E-state index contributed by atoms with van der Waals surface area (Å²) < 4.78 is 0. The molecule has 1 saturated carbocycles. The van der Waals surface area contributed by atoms with E-state index < -0.39 is 5.60 Å². The molecule has 1 N–H and O–H groups in total. The first-order valence-electron chi connectivity index (χ1n) is 8.98. The van der Waals surface area contributed by atoms with Gasteiger partial charge in [0.15, 0.2) is 0 Å². The molecule has 2 aliphatic rings. The lowest BCUT2D eigenvalue weighted by Gasteiger charge is -2.33. The molecular formula is C20H38O. The Morgan fingerprint density at radius 3 is 1.81 bits per heavy atom. The van der Waals surface area contributed by atoms with Crippen molar-refractivity contribution in [3.8, 4) is 0 Å². The zero-order chi connectivity index (χ0) is 16.1. The van der Waals surface area contributed by atoms with Gasteiger partial charge in [0.25, 0.3) is 0 Å². The molecule has 0 spiro atoms. The van der Waals surface area contributed by atoms with Gasteiger partial charge in [-0.1, -0.05) is 51.7 Å². The van der Waals surface area contributed by atoms with Gasteiger partial charge in [0.1, 0.15) is 0 Å². The van der Waals surface area contributed by atoms with Crippen LogP contribution in [0.4, 0.5) is 0 Å². The molecule has 0 radical (unpaired) electrons. The number of hydrogen-bond acceptors (Lipinski definition) is 1. The van der Waals surface area contributed by atoms with Gasteiger partial charge in [0, 0.05) is 0 Å². The lowest BCUT2D eigenvalue weighted by Crippen LogP contribution is -2.31. The highest BCUT2D eigenvalue weighted by atomic mass is 16.3. The summed E-state index contributed by atoms with van der Waals surface area (Å²) in [7, 11) is 0.